The number of fused-ring (bicyclic) bond motifs is 3. The molecule has 1 aliphatic heterocycles. The molecule has 0 spiro atoms. The third kappa shape index (κ3) is 2.88. The zero-order valence-electron chi connectivity index (χ0n) is 19.8. The van der Waals surface area contributed by atoms with E-state index in [4.69, 9.17) is 19.9 Å². The Hall–Kier alpha value is -4.06. The molecule has 3 aromatic carbocycles. The highest BCUT2D eigenvalue weighted by molar-refractivity contribution is 5.82. The van der Waals surface area contributed by atoms with Crippen LogP contribution in [-0.2, 0) is 5.54 Å². The smallest absolute Gasteiger partial charge is 0.237 e. The van der Waals surface area contributed by atoms with Crippen molar-refractivity contribution in [1.82, 2.24) is 24.5 Å². The van der Waals surface area contributed by atoms with Gasteiger partial charge in [-0.15, -0.1) is 0 Å². The normalized spacial score (nSPS) is 16.1. The topological polar surface area (TPSA) is 59.7 Å². The van der Waals surface area contributed by atoms with Crippen LogP contribution in [0.5, 0.6) is 0 Å². The molecule has 0 N–H and O–H groups in total. The van der Waals surface area contributed by atoms with E-state index in [0.29, 0.717) is 17.6 Å². The Bertz CT molecular complexity index is 1440. The molecule has 1 aliphatic rings. The second-order valence-electron chi connectivity index (χ2n) is 9.70. The van der Waals surface area contributed by atoms with Gasteiger partial charge in [-0.3, -0.25) is 4.90 Å². The second kappa shape index (κ2) is 7.22. The molecule has 168 valence electrons. The van der Waals surface area contributed by atoms with E-state index >= 15 is 0 Å². The van der Waals surface area contributed by atoms with Crippen molar-refractivity contribution < 1.29 is 0 Å². The summed E-state index contributed by atoms with van der Waals surface area (Å²) in [6, 6.07) is 28.4. The fourth-order valence-electron chi connectivity index (χ4n) is 4.75. The first-order chi connectivity index (χ1) is 16.4. The Balaban J connectivity index is 1.63. The van der Waals surface area contributed by atoms with Gasteiger partial charge < -0.3 is 4.57 Å². The van der Waals surface area contributed by atoms with Crippen LogP contribution in [0.25, 0.3) is 33.8 Å². The molecule has 0 aliphatic carbocycles. The first kappa shape index (κ1) is 20.5. The molecule has 0 bridgehead atoms. The summed E-state index contributed by atoms with van der Waals surface area (Å²) in [5.41, 5.74) is 3.37. The van der Waals surface area contributed by atoms with Gasteiger partial charge in [-0.05, 0) is 39.8 Å². The maximum Gasteiger partial charge on any atom is 0.237 e. The van der Waals surface area contributed by atoms with Crippen LogP contribution >= 0.6 is 0 Å². The van der Waals surface area contributed by atoms with Gasteiger partial charge in [-0.2, -0.15) is 9.97 Å². The Labute approximate surface area is 199 Å². The fraction of sp³-hybridized carbons (Fsp3) is 0.214. The Morgan fingerprint density at radius 3 is 1.68 bits per heavy atom. The van der Waals surface area contributed by atoms with E-state index in [1.54, 1.807) is 0 Å². The Kier molecular flexibility index (Phi) is 4.36. The number of hydrogen-bond donors (Lipinski definition) is 0. The summed E-state index contributed by atoms with van der Waals surface area (Å²) in [6.45, 7) is 8.96. The van der Waals surface area contributed by atoms with Crippen molar-refractivity contribution in [1.29, 1.82) is 0 Å². The van der Waals surface area contributed by atoms with Crippen LogP contribution in [0, 0.1) is 0 Å². The highest BCUT2D eigenvalue weighted by atomic mass is 15.5. The van der Waals surface area contributed by atoms with Crippen LogP contribution in [0.2, 0.25) is 0 Å². The quantitative estimate of drug-likeness (QED) is 0.329. The first-order valence-electron chi connectivity index (χ1n) is 11.5. The molecular weight excluding hydrogens is 420 g/mol. The molecule has 0 unspecified atom stereocenters. The third-order valence-electron chi connectivity index (χ3n) is 7.25. The molecule has 6 rings (SSSR count). The lowest BCUT2D eigenvalue weighted by Crippen LogP contribution is -2.51. The van der Waals surface area contributed by atoms with E-state index in [9.17, 15) is 0 Å². The van der Waals surface area contributed by atoms with Crippen molar-refractivity contribution in [2.24, 2.45) is 0 Å². The molecule has 0 saturated carbocycles. The molecule has 0 saturated heterocycles. The predicted molar refractivity (Wildman–Crippen MR) is 136 cm³/mol. The summed E-state index contributed by atoms with van der Waals surface area (Å²) in [7, 11) is 0. The van der Waals surface area contributed by atoms with E-state index < -0.39 is 0 Å². The number of anilines is 2. The van der Waals surface area contributed by atoms with Crippen molar-refractivity contribution in [2.45, 2.75) is 38.8 Å². The summed E-state index contributed by atoms with van der Waals surface area (Å²) < 4.78 is 2.32. The summed E-state index contributed by atoms with van der Waals surface area (Å²) in [5, 5.41) is 0. The SMILES string of the molecule is CC1(C)N(c2nc(-c3ccccc3)nc(-c3ccccc3)n2)c2nc3ccccc3n2C1(C)C. The minimum absolute atomic E-state index is 0.259. The van der Waals surface area contributed by atoms with Gasteiger partial charge in [0.05, 0.1) is 22.1 Å². The lowest BCUT2D eigenvalue weighted by Gasteiger charge is -2.40. The van der Waals surface area contributed by atoms with Crippen LogP contribution in [0.4, 0.5) is 11.9 Å². The molecule has 0 fully saturated rings. The monoisotopic (exact) mass is 446 g/mol. The molecule has 6 heteroatoms. The lowest BCUT2D eigenvalue weighted by molar-refractivity contribution is 0.251. The molecule has 6 nitrogen and oxygen atoms in total. The molecule has 0 radical (unpaired) electrons. The van der Waals surface area contributed by atoms with Crippen LogP contribution in [-0.4, -0.2) is 30.0 Å². The second-order valence-corrected chi connectivity index (χ2v) is 9.70. The molecule has 3 heterocycles. The van der Waals surface area contributed by atoms with E-state index in [2.05, 4.69) is 55.4 Å². The van der Waals surface area contributed by atoms with E-state index in [1.807, 2.05) is 66.7 Å². The number of hydrogen-bond acceptors (Lipinski definition) is 5. The summed E-state index contributed by atoms with van der Waals surface area (Å²) in [6.07, 6.45) is 0. The van der Waals surface area contributed by atoms with Gasteiger partial charge in [0.2, 0.25) is 11.9 Å². The summed E-state index contributed by atoms with van der Waals surface area (Å²) in [5.74, 6) is 2.74. The van der Waals surface area contributed by atoms with Gasteiger partial charge in [0.25, 0.3) is 0 Å². The van der Waals surface area contributed by atoms with Crippen molar-refractivity contribution in [2.75, 3.05) is 4.90 Å². The van der Waals surface area contributed by atoms with Gasteiger partial charge in [-0.1, -0.05) is 72.8 Å². The van der Waals surface area contributed by atoms with Crippen LogP contribution < -0.4 is 4.90 Å². The van der Waals surface area contributed by atoms with Crippen LogP contribution in [0.3, 0.4) is 0 Å². The molecule has 0 atom stereocenters. The standard InChI is InChI=1S/C28H26N6/c1-27(2)28(3,4)34(26-29-21-17-11-12-18-22(21)33(26)27)25-31-23(19-13-7-5-8-14-19)30-24(32-25)20-15-9-6-10-16-20/h5-18H,1-4H3. The number of imidazole rings is 1. The molecule has 5 aromatic rings. The van der Waals surface area contributed by atoms with Gasteiger partial charge in [0.15, 0.2) is 11.6 Å². The zero-order valence-corrected chi connectivity index (χ0v) is 19.8. The number of para-hydroxylation sites is 2. The molecular formula is C28H26N6. The number of nitrogens with zero attached hydrogens (tertiary/aromatic N) is 6. The van der Waals surface area contributed by atoms with Crippen LogP contribution in [0.1, 0.15) is 27.7 Å². The van der Waals surface area contributed by atoms with Gasteiger partial charge in [0.1, 0.15) is 0 Å². The average molecular weight is 447 g/mol. The molecule has 0 amide bonds. The van der Waals surface area contributed by atoms with Crippen molar-refractivity contribution >= 4 is 22.9 Å². The predicted octanol–water partition coefficient (Wildman–Crippen LogP) is 6.22. The first-order valence-corrected chi connectivity index (χ1v) is 11.5. The highest BCUT2D eigenvalue weighted by Crippen LogP contribution is 2.50. The summed E-state index contributed by atoms with van der Waals surface area (Å²) >= 11 is 0. The highest BCUT2D eigenvalue weighted by Gasteiger charge is 2.54. The Morgan fingerprint density at radius 1 is 0.559 bits per heavy atom. The zero-order chi connectivity index (χ0) is 23.5. The van der Waals surface area contributed by atoms with Crippen molar-refractivity contribution in [3.05, 3.63) is 84.9 Å². The van der Waals surface area contributed by atoms with Crippen molar-refractivity contribution in [3.63, 3.8) is 0 Å². The average Bonchev–Trinajstić information content (AvgIpc) is 3.30. The molecule has 34 heavy (non-hydrogen) atoms. The van der Waals surface area contributed by atoms with Gasteiger partial charge in [-0.25, -0.2) is 9.97 Å². The van der Waals surface area contributed by atoms with E-state index in [0.717, 1.165) is 28.1 Å². The third-order valence-corrected chi connectivity index (χ3v) is 7.25. The molecule has 2 aromatic heterocycles. The minimum Gasteiger partial charge on any atom is -0.302 e. The summed E-state index contributed by atoms with van der Waals surface area (Å²) in [4.78, 5) is 22.0. The van der Waals surface area contributed by atoms with E-state index in [1.165, 1.54) is 0 Å². The Morgan fingerprint density at radius 2 is 1.09 bits per heavy atom. The number of benzene rings is 3. The van der Waals surface area contributed by atoms with Gasteiger partial charge >= 0.3 is 0 Å². The number of rotatable bonds is 3. The van der Waals surface area contributed by atoms with Crippen molar-refractivity contribution in [3.8, 4) is 22.8 Å². The minimum atomic E-state index is -0.345. The maximum atomic E-state index is 5.04. The number of aromatic nitrogens is 5. The van der Waals surface area contributed by atoms with Gasteiger partial charge in [0, 0.05) is 11.1 Å². The largest absolute Gasteiger partial charge is 0.302 e. The maximum absolute atomic E-state index is 5.04. The van der Waals surface area contributed by atoms with Crippen LogP contribution in [0.15, 0.2) is 84.9 Å². The lowest BCUT2D eigenvalue weighted by atomic mass is 9.82. The fourth-order valence-corrected chi connectivity index (χ4v) is 4.75. The van der Waals surface area contributed by atoms with E-state index in [-0.39, 0.29) is 11.1 Å².